The smallest absolute Gasteiger partial charge is 0.137 e. The molecule has 0 fully saturated rings. The molecule has 0 N–H and O–H groups in total. The summed E-state index contributed by atoms with van der Waals surface area (Å²) in [7, 11) is 0. The Labute approximate surface area is 134 Å². The molecule has 0 radical (unpaired) electrons. The second kappa shape index (κ2) is 6.18. The van der Waals surface area contributed by atoms with E-state index >= 15 is 0 Å². The van der Waals surface area contributed by atoms with Gasteiger partial charge in [0.2, 0.25) is 0 Å². The van der Waals surface area contributed by atoms with Crippen LogP contribution in [0.25, 0.3) is 0 Å². The molecule has 0 heterocycles. The average Bonchev–Trinajstić information content (AvgIpc) is 2.40. The minimum absolute atomic E-state index is 0.000519. The highest BCUT2D eigenvalue weighted by molar-refractivity contribution is 9.10. The van der Waals surface area contributed by atoms with E-state index in [0.29, 0.717) is 11.1 Å². The molecule has 0 aromatic heterocycles. The molecule has 0 amide bonds. The molecule has 0 spiro atoms. The van der Waals surface area contributed by atoms with Gasteiger partial charge in [0.1, 0.15) is 18.2 Å². The Kier molecular flexibility index (Phi) is 4.72. The summed E-state index contributed by atoms with van der Waals surface area (Å²) in [6.45, 7) is 8.89. The minimum Gasteiger partial charge on any atom is -0.489 e. The highest BCUT2D eigenvalue weighted by Gasteiger charge is 2.19. The average molecular weight is 351 g/mol. The van der Waals surface area contributed by atoms with Crippen molar-refractivity contribution in [3.63, 3.8) is 0 Å². The van der Waals surface area contributed by atoms with Crippen molar-refractivity contribution >= 4 is 15.9 Å². The zero-order chi connectivity index (χ0) is 15.6. The van der Waals surface area contributed by atoms with Crippen molar-refractivity contribution in [3.8, 4) is 5.75 Å². The topological polar surface area (TPSA) is 9.23 Å². The number of hydrogen-bond acceptors (Lipinski definition) is 1. The van der Waals surface area contributed by atoms with Crippen LogP contribution < -0.4 is 4.74 Å². The molecule has 0 unspecified atom stereocenters. The predicted octanol–water partition coefficient (Wildman–Crippen LogP) is 5.77. The lowest BCUT2D eigenvalue weighted by Crippen LogP contribution is -2.14. The third kappa shape index (κ3) is 3.85. The van der Waals surface area contributed by atoms with Crippen LogP contribution in [0.4, 0.5) is 4.39 Å². The Bertz CT molecular complexity index is 644. The lowest BCUT2D eigenvalue weighted by Gasteiger charge is -2.23. The van der Waals surface area contributed by atoms with Gasteiger partial charge in [-0.3, -0.25) is 0 Å². The molecule has 21 heavy (non-hydrogen) atoms. The molecule has 0 aliphatic rings. The van der Waals surface area contributed by atoms with E-state index in [4.69, 9.17) is 4.74 Å². The van der Waals surface area contributed by atoms with Gasteiger partial charge in [0.25, 0.3) is 0 Å². The van der Waals surface area contributed by atoms with E-state index in [9.17, 15) is 4.39 Å². The third-order valence-electron chi connectivity index (χ3n) is 3.36. The summed E-state index contributed by atoms with van der Waals surface area (Å²) in [5, 5.41) is 0. The van der Waals surface area contributed by atoms with Gasteiger partial charge < -0.3 is 4.74 Å². The number of ether oxygens (including phenoxy) is 1. The van der Waals surface area contributed by atoms with Crippen LogP contribution in [0, 0.1) is 12.7 Å². The molecule has 0 atom stereocenters. The Hall–Kier alpha value is -1.35. The van der Waals surface area contributed by atoms with Gasteiger partial charge in [-0.2, -0.15) is 0 Å². The summed E-state index contributed by atoms with van der Waals surface area (Å²) in [6.07, 6.45) is 0. The van der Waals surface area contributed by atoms with Crippen LogP contribution in [0.1, 0.15) is 37.5 Å². The van der Waals surface area contributed by atoms with E-state index in [0.717, 1.165) is 16.9 Å². The van der Waals surface area contributed by atoms with Gasteiger partial charge in [0.05, 0.1) is 4.47 Å². The molecule has 0 saturated heterocycles. The van der Waals surface area contributed by atoms with Crippen LogP contribution in [0.15, 0.2) is 40.9 Å². The fourth-order valence-corrected chi connectivity index (χ4v) is 2.55. The van der Waals surface area contributed by atoms with Crippen molar-refractivity contribution < 1.29 is 9.13 Å². The quantitative estimate of drug-likeness (QED) is 0.682. The van der Waals surface area contributed by atoms with E-state index in [1.54, 1.807) is 6.07 Å². The Morgan fingerprint density at radius 2 is 1.86 bits per heavy atom. The molecule has 0 aliphatic carbocycles. The van der Waals surface area contributed by atoms with E-state index < -0.39 is 0 Å². The van der Waals surface area contributed by atoms with Crippen molar-refractivity contribution in [1.82, 2.24) is 0 Å². The molecule has 0 bridgehead atoms. The number of hydrogen-bond donors (Lipinski definition) is 0. The Morgan fingerprint density at radius 1 is 1.14 bits per heavy atom. The van der Waals surface area contributed by atoms with Crippen LogP contribution >= 0.6 is 15.9 Å². The maximum absolute atomic E-state index is 13.5. The van der Waals surface area contributed by atoms with Gasteiger partial charge in [-0.15, -0.1) is 0 Å². The summed E-state index contributed by atoms with van der Waals surface area (Å²) in [5.41, 5.74) is 3.17. The number of benzene rings is 2. The molecule has 2 aromatic rings. The van der Waals surface area contributed by atoms with Crippen LogP contribution in [0.3, 0.4) is 0 Å². The zero-order valence-electron chi connectivity index (χ0n) is 12.8. The second-order valence-corrected chi connectivity index (χ2v) is 7.04. The molecule has 0 saturated carbocycles. The van der Waals surface area contributed by atoms with Crippen molar-refractivity contribution in [2.75, 3.05) is 0 Å². The molecular weight excluding hydrogens is 331 g/mol. The predicted molar refractivity (Wildman–Crippen MR) is 88.3 cm³/mol. The van der Waals surface area contributed by atoms with Crippen molar-refractivity contribution in [1.29, 1.82) is 0 Å². The SMILES string of the molecule is Cc1ccc(OCc2cccc(F)c2Br)c(C(C)(C)C)c1. The summed E-state index contributed by atoms with van der Waals surface area (Å²) < 4.78 is 19.9. The maximum Gasteiger partial charge on any atom is 0.137 e. The fourth-order valence-electron chi connectivity index (χ4n) is 2.17. The van der Waals surface area contributed by atoms with Crippen molar-refractivity contribution in [3.05, 3.63) is 63.4 Å². The zero-order valence-corrected chi connectivity index (χ0v) is 14.4. The van der Waals surface area contributed by atoms with Crippen LogP contribution in [0.5, 0.6) is 5.75 Å². The second-order valence-electron chi connectivity index (χ2n) is 6.25. The largest absolute Gasteiger partial charge is 0.489 e. The monoisotopic (exact) mass is 350 g/mol. The number of halogens is 2. The molecule has 3 heteroatoms. The van der Waals surface area contributed by atoms with Gasteiger partial charge in [0.15, 0.2) is 0 Å². The van der Waals surface area contributed by atoms with E-state index in [2.05, 4.69) is 49.7 Å². The maximum atomic E-state index is 13.5. The highest BCUT2D eigenvalue weighted by Crippen LogP contribution is 2.33. The standard InChI is InChI=1S/C18H20BrFO/c1-12-8-9-16(14(10-12)18(2,3)4)21-11-13-6-5-7-15(20)17(13)19/h5-10H,11H2,1-4H3. The Morgan fingerprint density at radius 3 is 2.52 bits per heavy atom. The molecule has 112 valence electrons. The highest BCUT2D eigenvalue weighted by atomic mass is 79.9. The number of rotatable bonds is 3. The minimum atomic E-state index is -0.268. The number of aryl methyl sites for hydroxylation is 1. The molecule has 0 aliphatic heterocycles. The fraction of sp³-hybridized carbons (Fsp3) is 0.333. The lowest BCUT2D eigenvalue weighted by molar-refractivity contribution is 0.296. The first-order valence-corrected chi connectivity index (χ1v) is 7.75. The first-order valence-electron chi connectivity index (χ1n) is 6.96. The first-order chi connectivity index (χ1) is 9.79. The summed E-state index contributed by atoms with van der Waals surface area (Å²) >= 11 is 3.27. The van der Waals surface area contributed by atoms with Crippen LogP contribution in [-0.4, -0.2) is 0 Å². The van der Waals surface area contributed by atoms with Gasteiger partial charge in [0, 0.05) is 5.56 Å². The molecule has 2 aromatic carbocycles. The summed E-state index contributed by atoms with van der Waals surface area (Å²) in [4.78, 5) is 0. The van der Waals surface area contributed by atoms with Gasteiger partial charge in [-0.25, -0.2) is 4.39 Å². The van der Waals surface area contributed by atoms with Gasteiger partial charge in [-0.05, 0) is 46.0 Å². The Balaban J connectivity index is 2.26. The normalized spacial score (nSPS) is 11.5. The summed E-state index contributed by atoms with van der Waals surface area (Å²) in [6, 6.07) is 11.2. The van der Waals surface area contributed by atoms with Crippen LogP contribution in [-0.2, 0) is 12.0 Å². The van der Waals surface area contributed by atoms with Crippen molar-refractivity contribution in [2.45, 2.75) is 39.7 Å². The third-order valence-corrected chi connectivity index (χ3v) is 4.25. The van der Waals surface area contributed by atoms with Gasteiger partial charge in [-0.1, -0.05) is 50.6 Å². The van der Waals surface area contributed by atoms with E-state index in [-0.39, 0.29) is 11.2 Å². The molecule has 2 rings (SSSR count). The lowest BCUT2D eigenvalue weighted by atomic mass is 9.85. The molecule has 1 nitrogen and oxygen atoms in total. The summed E-state index contributed by atoms with van der Waals surface area (Å²) in [5.74, 6) is 0.584. The van der Waals surface area contributed by atoms with Crippen molar-refractivity contribution in [2.24, 2.45) is 0 Å². The van der Waals surface area contributed by atoms with Gasteiger partial charge >= 0.3 is 0 Å². The van der Waals surface area contributed by atoms with Crippen LogP contribution in [0.2, 0.25) is 0 Å². The molecular formula is C18H20BrFO. The van der Waals surface area contributed by atoms with E-state index in [1.807, 2.05) is 18.2 Å². The van der Waals surface area contributed by atoms with E-state index in [1.165, 1.54) is 11.6 Å². The first kappa shape index (κ1) is 16.0.